The molecule has 1 amide bonds. The molecule has 2 heterocycles. The molecule has 9 heteroatoms. The number of thiophene rings is 1. The molecule has 2 aromatic carbocycles. The fourth-order valence-corrected chi connectivity index (χ4v) is 6.49. The minimum atomic E-state index is -3.84. The number of nitrogens with one attached hydrogen (secondary N) is 1. The summed E-state index contributed by atoms with van der Waals surface area (Å²) in [6.07, 6.45) is -0.593. The zero-order chi connectivity index (χ0) is 23.0. The number of carbonyl (C=O) groups is 1. The molecular weight excluding hydrogens is 451 g/mol. The summed E-state index contributed by atoms with van der Waals surface area (Å²) in [6.45, 7) is 5.77. The van der Waals surface area contributed by atoms with Crippen molar-refractivity contribution >= 4 is 37.4 Å². The van der Waals surface area contributed by atoms with Crippen LogP contribution in [0.1, 0.15) is 40.8 Å². The van der Waals surface area contributed by atoms with Gasteiger partial charge in [-0.25, -0.2) is 12.8 Å². The highest BCUT2D eigenvalue weighted by molar-refractivity contribution is 7.89. The van der Waals surface area contributed by atoms with Gasteiger partial charge in [0.15, 0.2) is 0 Å². The predicted octanol–water partition coefficient (Wildman–Crippen LogP) is 4.25. The number of benzene rings is 2. The summed E-state index contributed by atoms with van der Waals surface area (Å²) in [4.78, 5) is 13.5. The van der Waals surface area contributed by atoms with E-state index in [1.54, 1.807) is 0 Å². The molecule has 1 aromatic heterocycles. The molecule has 0 aliphatic carbocycles. The molecule has 1 saturated heterocycles. The lowest BCUT2D eigenvalue weighted by atomic mass is 10.0. The Balaban J connectivity index is 1.72. The first-order chi connectivity index (χ1) is 15.2. The van der Waals surface area contributed by atoms with Crippen LogP contribution in [0.15, 0.2) is 47.4 Å². The lowest BCUT2D eigenvalue weighted by Crippen LogP contribution is -2.42. The van der Waals surface area contributed by atoms with Crippen molar-refractivity contribution in [3.63, 3.8) is 0 Å². The second kappa shape index (κ2) is 8.90. The van der Waals surface area contributed by atoms with E-state index in [0.717, 1.165) is 10.1 Å². The summed E-state index contributed by atoms with van der Waals surface area (Å²) in [6, 6.07) is 11.4. The number of ether oxygens (including phenoxy) is 1. The molecule has 3 aromatic rings. The van der Waals surface area contributed by atoms with E-state index in [4.69, 9.17) is 4.74 Å². The van der Waals surface area contributed by atoms with Crippen LogP contribution >= 0.6 is 11.3 Å². The fourth-order valence-electron chi connectivity index (χ4n) is 3.83. The van der Waals surface area contributed by atoms with E-state index in [0.29, 0.717) is 10.4 Å². The Hall–Kier alpha value is -2.33. The van der Waals surface area contributed by atoms with Gasteiger partial charge >= 0.3 is 0 Å². The van der Waals surface area contributed by atoms with E-state index in [9.17, 15) is 17.6 Å². The highest BCUT2D eigenvalue weighted by Gasteiger charge is 2.35. The third kappa shape index (κ3) is 4.30. The normalized spacial score (nSPS) is 17.7. The van der Waals surface area contributed by atoms with Crippen LogP contribution < -0.4 is 5.32 Å². The summed E-state index contributed by atoms with van der Waals surface area (Å²) in [5.74, 6) is -0.650. The Morgan fingerprint density at radius 1 is 1.25 bits per heavy atom. The van der Waals surface area contributed by atoms with Crippen molar-refractivity contribution in [2.75, 3.05) is 19.7 Å². The van der Waals surface area contributed by atoms with Crippen LogP contribution in [-0.2, 0) is 14.8 Å². The number of hydrogen-bond donors (Lipinski definition) is 1. The molecule has 0 unspecified atom stereocenters. The average Bonchev–Trinajstić information content (AvgIpc) is 3.15. The first-order valence-electron chi connectivity index (χ1n) is 10.4. The number of aryl methyl sites for hydroxylation is 1. The molecule has 4 rings (SSSR count). The van der Waals surface area contributed by atoms with Crippen molar-refractivity contribution in [2.45, 2.75) is 37.8 Å². The van der Waals surface area contributed by atoms with Gasteiger partial charge in [-0.2, -0.15) is 4.31 Å². The summed E-state index contributed by atoms with van der Waals surface area (Å²) in [5.41, 5.74) is 0.978. The summed E-state index contributed by atoms with van der Waals surface area (Å²) >= 11 is 1.37. The highest BCUT2D eigenvalue weighted by atomic mass is 32.2. The van der Waals surface area contributed by atoms with Crippen LogP contribution in [-0.4, -0.2) is 44.4 Å². The quantitative estimate of drug-likeness (QED) is 0.597. The van der Waals surface area contributed by atoms with Crippen molar-refractivity contribution in [1.29, 1.82) is 0 Å². The molecule has 0 bridgehead atoms. The summed E-state index contributed by atoms with van der Waals surface area (Å²) < 4.78 is 48.5. The zero-order valence-corrected chi connectivity index (χ0v) is 19.7. The minimum Gasteiger partial charge on any atom is -0.371 e. The van der Waals surface area contributed by atoms with Gasteiger partial charge in [-0.15, -0.1) is 11.3 Å². The number of fused-ring (bicyclic) bond motifs is 1. The van der Waals surface area contributed by atoms with E-state index in [-0.39, 0.29) is 42.1 Å². The van der Waals surface area contributed by atoms with Crippen LogP contribution in [0.25, 0.3) is 10.1 Å². The van der Waals surface area contributed by atoms with E-state index in [2.05, 4.69) is 5.32 Å². The van der Waals surface area contributed by atoms with Crippen molar-refractivity contribution in [1.82, 2.24) is 9.62 Å². The molecule has 1 fully saturated rings. The fraction of sp³-hybridized carbons (Fsp3) is 0.348. The van der Waals surface area contributed by atoms with E-state index in [1.165, 1.54) is 40.8 Å². The molecule has 6 nitrogen and oxygen atoms in total. The second-order valence-electron chi connectivity index (χ2n) is 8.10. The van der Waals surface area contributed by atoms with Gasteiger partial charge in [-0.3, -0.25) is 4.79 Å². The van der Waals surface area contributed by atoms with E-state index < -0.39 is 21.9 Å². The second-order valence-corrected chi connectivity index (χ2v) is 11.1. The van der Waals surface area contributed by atoms with Gasteiger partial charge in [0.05, 0.1) is 22.5 Å². The van der Waals surface area contributed by atoms with Crippen molar-refractivity contribution in [3.05, 3.63) is 64.3 Å². The largest absolute Gasteiger partial charge is 0.371 e. The molecule has 1 aliphatic heterocycles. The van der Waals surface area contributed by atoms with E-state index >= 15 is 0 Å². The van der Waals surface area contributed by atoms with Gasteiger partial charge in [-0.1, -0.05) is 18.2 Å². The lowest BCUT2D eigenvalue weighted by molar-refractivity contribution is -0.00193. The monoisotopic (exact) mass is 476 g/mol. The number of morpholine rings is 1. The van der Waals surface area contributed by atoms with Crippen molar-refractivity contribution in [2.24, 2.45) is 0 Å². The topological polar surface area (TPSA) is 75.7 Å². The Morgan fingerprint density at radius 3 is 2.72 bits per heavy atom. The van der Waals surface area contributed by atoms with Gasteiger partial charge in [0, 0.05) is 29.4 Å². The number of carbonyl (C=O) groups excluding carboxylic acids is 1. The van der Waals surface area contributed by atoms with Gasteiger partial charge in [-0.05, 0) is 56.0 Å². The van der Waals surface area contributed by atoms with Crippen LogP contribution in [0.2, 0.25) is 0 Å². The standard InChI is InChI=1S/C23H25FN2O4S2/c1-14(2)25-23(27)22-21(17-6-4-5-7-20(17)31-22)19-13-26(10-11-30-19)32(28,29)16-8-9-18(24)15(3)12-16/h4-9,12,14,19H,10-11,13H2,1-3H3,(H,25,27)/t19-/m0/s1. The zero-order valence-electron chi connectivity index (χ0n) is 18.1. The van der Waals surface area contributed by atoms with Crippen LogP contribution in [0.3, 0.4) is 0 Å². The third-order valence-electron chi connectivity index (χ3n) is 5.38. The van der Waals surface area contributed by atoms with Crippen LogP contribution in [0.5, 0.6) is 0 Å². The number of amides is 1. The Bertz CT molecular complexity index is 1270. The predicted molar refractivity (Wildman–Crippen MR) is 123 cm³/mol. The van der Waals surface area contributed by atoms with Gasteiger partial charge in [0.2, 0.25) is 10.0 Å². The average molecular weight is 477 g/mol. The summed E-state index contributed by atoms with van der Waals surface area (Å²) in [7, 11) is -3.84. The smallest absolute Gasteiger partial charge is 0.261 e. The molecule has 0 spiro atoms. The maximum atomic E-state index is 13.7. The first-order valence-corrected chi connectivity index (χ1v) is 12.6. The first kappa shape index (κ1) is 22.8. The Labute approximate surface area is 191 Å². The molecule has 170 valence electrons. The molecule has 1 atom stereocenters. The molecule has 1 N–H and O–H groups in total. The highest BCUT2D eigenvalue weighted by Crippen LogP contribution is 2.39. The molecular formula is C23H25FN2O4S2. The minimum absolute atomic E-state index is 0.0357. The number of rotatable bonds is 5. The SMILES string of the molecule is Cc1cc(S(=O)(=O)N2CCO[C@H](c3c(C(=O)NC(C)C)sc4ccccc34)C2)ccc1F. The van der Waals surface area contributed by atoms with Crippen LogP contribution in [0, 0.1) is 12.7 Å². The number of hydrogen-bond acceptors (Lipinski definition) is 5. The molecule has 0 radical (unpaired) electrons. The maximum Gasteiger partial charge on any atom is 0.261 e. The number of sulfonamides is 1. The molecule has 32 heavy (non-hydrogen) atoms. The van der Waals surface area contributed by atoms with Crippen molar-refractivity contribution < 1.29 is 22.3 Å². The van der Waals surface area contributed by atoms with Crippen molar-refractivity contribution in [3.8, 4) is 0 Å². The Kier molecular flexibility index (Phi) is 6.35. The number of halogens is 1. The van der Waals surface area contributed by atoms with Gasteiger partial charge in [0.25, 0.3) is 5.91 Å². The molecule has 1 aliphatic rings. The van der Waals surface area contributed by atoms with E-state index in [1.807, 2.05) is 38.1 Å². The molecule has 0 saturated carbocycles. The van der Waals surface area contributed by atoms with Crippen LogP contribution in [0.4, 0.5) is 4.39 Å². The summed E-state index contributed by atoms with van der Waals surface area (Å²) in [5, 5.41) is 3.81. The number of nitrogens with zero attached hydrogens (tertiary/aromatic N) is 1. The maximum absolute atomic E-state index is 13.7. The Morgan fingerprint density at radius 2 is 2.00 bits per heavy atom. The van der Waals surface area contributed by atoms with Gasteiger partial charge in [0.1, 0.15) is 5.82 Å². The van der Waals surface area contributed by atoms with Gasteiger partial charge < -0.3 is 10.1 Å². The lowest BCUT2D eigenvalue weighted by Gasteiger charge is -2.32. The third-order valence-corrected chi connectivity index (χ3v) is 8.42.